The lowest BCUT2D eigenvalue weighted by atomic mass is 9.90. The van der Waals surface area contributed by atoms with Crippen molar-refractivity contribution in [3.63, 3.8) is 0 Å². The van der Waals surface area contributed by atoms with Crippen LogP contribution >= 0.6 is 12.6 Å². The average Bonchev–Trinajstić information content (AvgIpc) is 2.22. The lowest BCUT2D eigenvalue weighted by Gasteiger charge is -2.15. The molecule has 2 heteroatoms. The Morgan fingerprint density at radius 2 is 2.00 bits per heavy atom. The highest BCUT2D eigenvalue weighted by Crippen LogP contribution is 2.19. The van der Waals surface area contributed by atoms with Gasteiger partial charge in [-0.2, -0.15) is 12.6 Å². The summed E-state index contributed by atoms with van der Waals surface area (Å²) in [4.78, 5) is 11.7. The van der Waals surface area contributed by atoms with Crippen molar-refractivity contribution in [3.8, 4) is 0 Å². The number of carbonyl (C=O) groups excluding carboxylic acids is 1. The number of hydrogen-bond acceptors (Lipinski definition) is 2. The molecule has 0 aliphatic heterocycles. The van der Waals surface area contributed by atoms with Crippen LogP contribution in [0, 0.1) is 11.8 Å². The predicted octanol–water partition coefficient (Wildman–Crippen LogP) is 3.73. The second-order valence-electron chi connectivity index (χ2n) is 4.17. The van der Waals surface area contributed by atoms with Gasteiger partial charge in [-0.25, -0.2) is 0 Å². The van der Waals surface area contributed by atoms with E-state index >= 15 is 0 Å². The average molecular weight is 216 g/mol. The highest BCUT2D eigenvalue weighted by molar-refractivity contribution is 7.80. The lowest BCUT2D eigenvalue weighted by molar-refractivity contribution is -0.122. The Morgan fingerprint density at radius 1 is 1.36 bits per heavy atom. The minimum absolute atomic E-state index is 0.133. The molecule has 1 nitrogen and oxygen atoms in total. The Balaban J connectivity index is 3.85. The highest BCUT2D eigenvalue weighted by atomic mass is 32.1. The third-order valence-corrected chi connectivity index (χ3v) is 3.40. The van der Waals surface area contributed by atoms with E-state index < -0.39 is 0 Å². The zero-order chi connectivity index (χ0) is 11.0. The maximum absolute atomic E-state index is 11.7. The van der Waals surface area contributed by atoms with Crippen molar-refractivity contribution >= 4 is 18.4 Å². The Bertz CT molecular complexity index is 156. The first kappa shape index (κ1) is 14.0. The normalized spacial score (nSPS) is 15.1. The second kappa shape index (κ2) is 8.34. The van der Waals surface area contributed by atoms with Crippen LogP contribution < -0.4 is 0 Å². The zero-order valence-corrected chi connectivity index (χ0v) is 10.6. The molecule has 0 amide bonds. The summed E-state index contributed by atoms with van der Waals surface area (Å²) in [5.41, 5.74) is 0. The number of unbranched alkanes of at least 4 members (excludes halogenated alkanes) is 1. The molecule has 0 saturated carbocycles. The van der Waals surface area contributed by atoms with Gasteiger partial charge in [-0.1, -0.05) is 46.5 Å². The van der Waals surface area contributed by atoms with Crippen LogP contribution in [-0.4, -0.2) is 11.5 Å². The number of thiol groups is 1. The fourth-order valence-corrected chi connectivity index (χ4v) is 1.73. The van der Waals surface area contributed by atoms with Crippen molar-refractivity contribution in [1.29, 1.82) is 0 Å². The van der Waals surface area contributed by atoms with Crippen LogP contribution in [0.25, 0.3) is 0 Å². The van der Waals surface area contributed by atoms with Crippen LogP contribution in [0.5, 0.6) is 0 Å². The van der Waals surface area contributed by atoms with Crippen molar-refractivity contribution < 1.29 is 4.79 Å². The summed E-state index contributed by atoms with van der Waals surface area (Å²) >= 11 is 4.16. The quantitative estimate of drug-likeness (QED) is 0.612. The van der Waals surface area contributed by atoms with Crippen molar-refractivity contribution in [2.45, 2.75) is 52.9 Å². The fraction of sp³-hybridized carbons (Fsp3) is 0.917. The van der Waals surface area contributed by atoms with Gasteiger partial charge in [0.2, 0.25) is 0 Å². The van der Waals surface area contributed by atoms with Crippen molar-refractivity contribution in [2.24, 2.45) is 11.8 Å². The molecular formula is C12H24OS. The van der Waals surface area contributed by atoms with Crippen LogP contribution in [0.4, 0.5) is 0 Å². The zero-order valence-electron chi connectivity index (χ0n) is 9.75. The maximum Gasteiger partial charge on any atom is 0.136 e. The molecule has 0 heterocycles. The van der Waals surface area contributed by atoms with Gasteiger partial charge in [0, 0.05) is 12.3 Å². The Labute approximate surface area is 94.1 Å². The molecular weight excluding hydrogens is 192 g/mol. The summed E-state index contributed by atoms with van der Waals surface area (Å²) in [6.07, 6.45) is 5.58. The third-order valence-electron chi connectivity index (χ3n) is 2.86. The molecule has 0 saturated heterocycles. The maximum atomic E-state index is 11.7. The summed E-state index contributed by atoms with van der Waals surface area (Å²) in [6.45, 7) is 6.35. The standard InChI is InChI=1S/C12H24OS/c1-4-6-7-11(5-2)8-12(13)10(3)9-14/h10-11,14H,4-9H2,1-3H3. The third kappa shape index (κ3) is 5.69. The summed E-state index contributed by atoms with van der Waals surface area (Å²) < 4.78 is 0. The van der Waals surface area contributed by atoms with E-state index in [4.69, 9.17) is 0 Å². The Morgan fingerprint density at radius 3 is 2.43 bits per heavy atom. The van der Waals surface area contributed by atoms with E-state index in [1.807, 2.05) is 6.92 Å². The molecule has 0 aromatic heterocycles. The van der Waals surface area contributed by atoms with E-state index in [0.29, 0.717) is 17.5 Å². The summed E-state index contributed by atoms with van der Waals surface area (Å²) in [5, 5.41) is 0. The van der Waals surface area contributed by atoms with Crippen LogP contribution in [0.3, 0.4) is 0 Å². The minimum atomic E-state index is 0.133. The van der Waals surface area contributed by atoms with E-state index in [-0.39, 0.29) is 5.92 Å². The molecule has 2 unspecified atom stereocenters. The minimum Gasteiger partial charge on any atom is -0.299 e. The lowest BCUT2D eigenvalue weighted by Crippen LogP contribution is -2.16. The molecule has 0 aromatic carbocycles. The van der Waals surface area contributed by atoms with Gasteiger partial charge in [0.15, 0.2) is 0 Å². The molecule has 0 spiro atoms. The largest absolute Gasteiger partial charge is 0.299 e. The SMILES string of the molecule is CCCCC(CC)CC(=O)C(C)CS. The molecule has 14 heavy (non-hydrogen) atoms. The first-order chi connectivity index (χ1) is 6.65. The topological polar surface area (TPSA) is 17.1 Å². The molecule has 0 fully saturated rings. The fourth-order valence-electron chi connectivity index (χ4n) is 1.53. The smallest absolute Gasteiger partial charge is 0.136 e. The van der Waals surface area contributed by atoms with Crippen LogP contribution in [0.15, 0.2) is 0 Å². The van der Waals surface area contributed by atoms with Crippen LogP contribution in [-0.2, 0) is 4.79 Å². The number of carbonyl (C=O) groups is 1. The van der Waals surface area contributed by atoms with E-state index in [9.17, 15) is 4.79 Å². The van der Waals surface area contributed by atoms with Gasteiger partial charge < -0.3 is 0 Å². The van der Waals surface area contributed by atoms with Gasteiger partial charge in [0.25, 0.3) is 0 Å². The van der Waals surface area contributed by atoms with E-state index in [1.54, 1.807) is 0 Å². The number of hydrogen-bond donors (Lipinski definition) is 1. The van der Waals surface area contributed by atoms with Gasteiger partial charge in [-0.3, -0.25) is 4.79 Å². The molecule has 2 atom stereocenters. The van der Waals surface area contributed by atoms with E-state index in [2.05, 4.69) is 26.5 Å². The van der Waals surface area contributed by atoms with Gasteiger partial charge in [-0.05, 0) is 11.7 Å². The monoisotopic (exact) mass is 216 g/mol. The molecule has 0 aliphatic rings. The van der Waals surface area contributed by atoms with Crippen LogP contribution in [0.1, 0.15) is 52.9 Å². The van der Waals surface area contributed by atoms with Crippen LogP contribution in [0.2, 0.25) is 0 Å². The number of ketones is 1. The molecule has 84 valence electrons. The number of rotatable bonds is 8. The first-order valence-corrected chi connectivity index (χ1v) is 6.42. The van der Waals surface area contributed by atoms with Crippen molar-refractivity contribution in [1.82, 2.24) is 0 Å². The van der Waals surface area contributed by atoms with E-state index in [1.165, 1.54) is 19.3 Å². The van der Waals surface area contributed by atoms with Crippen molar-refractivity contribution in [2.75, 3.05) is 5.75 Å². The van der Waals surface area contributed by atoms with Gasteiger partial charge >= 0.3 is 0 Å². The Kier molecular flexibility index (Phi) is 8.35. The van der Waals surface area contributed by atoms with Crippen molar-refractivity contribution in [3.05, 3.63) is 0 Å². The predicted molar refractivity (Wildman–Crippen MR) is 65.9 cm³/mol. The van der Waals surface area contributed by atoms with Gasteiger partial charge in [0.05, 0.1) is 0 Å². The van der Waals surface area contributed by atoms with Gasteiger partial charge in [-0.15, -0.1) is 0 Å². The molecule has 0 N–H and O–H groups in total. The molecule has 0 aromatic rings. The number of Topliss-reactive ketones (excluding diaryl/α,β-unsaturated/α-hetero) is 1. The molecule has 0 aliphatic carbocycles. The highest BCUT2D eigenvalue weighted by Gasteiger charge is 2.16. The van der Waals surface area contributed by atoms with E-state index in [0.717, 1.165) is 12.8 Å². The molecule has 0 radical (unpaired) electrons. The second-order valence-corrected chi connectivity index (χ2v) is 4.54. The van der Waals surface area contributed by atoms with Gasteiger partial charge in [0.1, 0.15) is 5.78 Å². The molecule has 0 bridgehead atoms. The summed E-state index contributed by atoms with van der Waals surface area (Å²) in [5.74, 6) is 1.81. The summed E-state index contributed by atoms with van der Waals surface area (Å²) in [7, 11) is 0. The Hall–Kier alpha value is 0.0200. The molecule has 0 rings (SSSR count). The summed E-state index contributed by atoms with van der Waals surface area (Å²) in [6, 6.07) is 0. The first-order valence-electron chi connectivity index (χ1n) is 5.79.